The molecular weight excluding hydrogens is 374 g/mol. The second kappa shape index (κ2) is 10.3. The summed E-state index contributed by atoms with van der Waals surface area (Å²) in [5.41, 5.74) is 2.18. The van der Waals surface area contributed by atoms with E-state index in [0.29, 0.717) is 6.54 Å². The predicted molar refractivity (Wildman–Crippen MR) is 121 cm³/mol. The van der Waals surface area contributed by atoms with E-state index in [1.807, 2.05) is 30.5 Å². The predicted octanol–water partition coefficient (Wildman–Crippen LogP) is 4.11. The van der Waals surface area contributed by atoms with Crippen molar-refractivity contribution in [3.63, 3.8) is 0 Å². The molecule has 1 fully saturated rings. The Morgan fingerprint density at radius 2 is 1.97 bits per heavy atom. The molecule has 1 unspecified atom stereocenters. The number of piperidine rings is 1. The topological polar surface area (TPSA) is 65.7 Å². The fraction of sp³-hybridized carbons (Fsp3) is 0.417. The van der Waals surface area contributed by atoms with Crippen molar-refractivity contribution in [1.29, 1.82) is 0 Å². The Morgan fingerprint density at radius 3 is 2.77 bits per heavy atom. The summed E-state index contributed by atoms with van der Waals surface area (Å²) in [5, 5.41) is 8.08. The first kappa shape index (κ1) is 20.4. The van der Waals surface area contributed by atoms with Gasteiger partial charge in [-0.3, -0.25) is 9.88 Å². The normalized spacial score (nSPS) is 16.5. The average molecular weight is 406 g/mol. The van der Waals surface area contributed by atoms with E-state index < -0.39 is 0 Å². The zero-order chi connectivity index (χ0) is 20.6. The van der Waals surface area contributed by atoms with Crippen molar-refractivity contribution in [3.05, 3.63) is 66.2 Å². The summed E-state index contributed by atoms with van der Waals surface area (Å²) in [6.07, 6.45) is 7.44. The van der Waals surface area contributed by atoms with Crippen molar-refractivity contribution < 1.29 is 4.42 Å². The van der Waals surface area contributed by atoms with Crippen LogP contribution in [0, 0.1) is 0 Å². The molecule has 6 nitrogen and oxygen atoms in total. The van der Waals surface area contributed by atoms with Crippen molar-refractivity contribution in [1.82, 2.24) is 20.5 Å². The van der Waals surface area contributed by atoms with Gasteiger partial charge in [-0.05, 0) is 62.7 Å². The molecule has 3 aromatic rings. The van der Waals surface area contributed by atoms with Crippen molar-refractivity contribution in [2.24, 2.45) is 4.99 Å². The van der Waals surface area contributed by atoms with Gasteiger partial charge in [0, 0.05) is 24.7 Å². The molecule has 0 radical (unpaired) electrons. The van der Waals surface area contributed by atoms with Crippen molar-refractivity contribution >= 4 is 16.9 Å². The fourth-order valence-electron chi connectivity index (χ4n) is 4.11. The van der Waals surface area contributed by atoms with Crippen LogP contribution in [0.2, 0.25) is 0 Å². The standard InChI is InChI=1S/C24H31N5O/c1-2-25-24(27-17-19-12-13-26-21-10-5-4-9-20(19)21)28-18-22(23-11-8-16-30-23)29-14-6-3-7-15-29/h4-5,8-13,16,22H,2-3,6-7,14-15,17-18H2,1H3,(H2,25,27,28). The molecule has 0 amide bonds. The molecule has 1 aromatic carbocycles. The van der Waals surface area contributed by atoms with Crippen molar-refractivity contribution in [2.45, 2.75) is 38.8 Å². The summed E-state index contributed by atoms with van der Waals surface area (Å²) in [6.45, 7) is 6.50. The lowest BCUT2D eigenvalue weighted by Crippen LogP contribution is -2.44. The van der Waals surface area contributed by atoms with E-state index in [0.717, 1.165) is 48.8 Å². The summed E-state index contributed by atoms with van der Waals surface area (Å²) >= 11 is 0. The Hall–Kier alpha value is -2.86. The Balaban J connectivity index is 1.47. The smallest absolute Gasteiger partial charge is 0.191 e. The SMILES string of the molecule is CCNC(=NCc1ccnc2ccccc12)NCC(c1ccco1)N1CCCCC1. The number of aromatic nitrogens is 1. The van der Waals surface area contributed by atoms with E-state index in [2.05, 4.69) is 45.6 Å². The molecule has 6 heteroatoms. The van der Waals surface area contributed by atoms with Crippen LogP contribution >= 0.6 is 0 Å². The van der Waals surface area contributed by atoms with Crippen LogP contribution < -0.4 is 10.6 Å². The van der Waals surface area contributed by atoms with Crippen LogP contribution in [0.15, 0.2) is 64.3 Å². The van der Waals surface area contributed by atoms with Crippen molar-refractivity contribution in [3.8, 4) is 0 Å². The van der Waals surface area contributed by atoms with Gasteiger partial charge in [-0.25, -0.2) is 4.99 Å². The summed E-state index contributed by atoms with van der Waals surface area (Å²) in [4.78, 5) is 11.8. The molecule has 30 heavy (non-hydrogen) atoms. The number of para-hydroxylation sites is 1. The highest BCUT2D eigenvalue weighted by Gasteiger charge is 2.24. The van der Waals surface area contributed by atoms with E-state index in [1.165, 1.54) is 24.8 Å². The summed E-state index contributed by atoms with van der Waals surface area (Å²) in [5.74, 6) is 1.84. The van der Waals surface area contributed by atoms with E-state index in [4.69, 9.17) is 9.41 Å². The molecule has 2 N–H and O–H groups in total. The fourth-order valence-corrected chi connectivity index (χ4v) is 4.11. The first-order chi connectivity index (χ1) is 14.8. The van der Waals surface area contributed by atoms with Crippen LogP contribution in [0.5, 0.6) is 0 Å². The number of benzene rings is 1. The Kier molecular flexibility index (Phi) is 6.98. The first-order valence-electron chi connectivity index (χ1n) is 11.0. The second-order valence-electron chi connectivity index (χ2n) is 7.69. The third-order valence-electron chi connectivity index (χ3n) is 5.66. The largest absolute Gasteiger partial charge is 0.468 e. The number of nitrogens with one attached hydrogen (secondary N) is 2. The maximum absolute atomic E-state index is 5.77. The minimum absolute atomic E-state index is 0.214. The molecule has 1 aliphatic heterocycles. The molecule has 0 saturated carbocycles. The van der Waals surface area contributed by atoms with Crippen molar-refractivity contribution in [2.75, 3.05) is 26.2 Å². The van der Waals surface area contributed by atoms with Gasteiger partial charge in [-0.1, -0.05) is 24.6 Å². The van der Waals surface area contributed by atoms with Gasteiger partial charge in [0.05, 0.1) is 24.4 Å². The number of likely N-dealkylation sites (tertiary alicyclic amines) is 1. The van der Waals surface area contributed by atoms with Crippen LogP contribution in [-0.2, 0) is 6.54 Å². The van der Waals surface area contributed by atoms with Crippen LogP contribution in [0.3, 0.4) is 0 Å². The maximum atomic E-state index is 5.77. The monoisotopic (exact) mass is 405 g/mol. The highest BCUT2D eigenvalue weighted by molar-refractivity contribution is 5.83. The molecule has 158 valence electrons. The Bertz CT molecular complexity index is 942. The van der Waals surface area contributed by atoms with Gasteiger partial charge >= 0.3 is 0 Å². The third-order valence-corrected chi connectivity index (χ3v) is 5.66. The number of aliphatic imine (C=N–C) groups is 1. The second-order valence-corrected chi connectivity index (χ2v) is 7.69. The molecule has 3 heterocycles. The average Bonchev–Trinajstić information content (AvgIpc) is 3.33. The number of furan rings is 1. The highest BCUT2D eigenvalue weighted by Crippen LogP contribution is 2.24. The number of hydrogen-bond donors (Lipinski definition) is 2. The molecular formula is C24H31N5O. The summed E-state index contributed by atoms with van der Waals surface area (Å²) in [7, 11) is 0. The molecule has 4 rings (SSSR count). The zero-order valence-electron chi connectivity index (χ0n) is 17.7. The van der Waals surface area contributed by atoms with Crippen LogP contribution in [-0.4, -0.2) is 42.0 Å². The minimum Gasteiger partial charge on any atom is -0.468 e. The quantitative estimate of drug-likeness (QED) is 0.457. The van der Waals surface area contributed by atoms with E-state index in [1.54, 1.807) is 6.26 Å². The van der Waals surface area contributed by atoms with Crippen LogP contribution in [0.1, 0.15) is 43.6 Å². The van der Waals surface area contributed by atoms with Gasteiger partial charge in [-0.2, -0.15) is 0 Å². The van der Waals surface area contributed by atoms with Gasteiger partial charge in [0.2, 0.25) is 0 Å². The molecule has 1 saturated heterocycles. The molecule has 2 aromatic heterocycles. The Labute approximate surface area is 178 Å². The minimum atomic E-state index is 0.214. The number of nitrogens with zero attached hydrogens (tertiary/aromatic N) is 3. The van der Waals surface area contributed by atoms with Gasteiger partial charge in [0.1, 0.15) is 5.76 Å². The lowest BCUT2D eigenvalue weighted by molar-refractivity contribution is 0.146. The number of guanidine groups is 1. The van der Waals surface area contributed by atoms with Gasteiger partial charge < -0.3 is 15.1 Å². The third kappa shape index (κ3) is 5.00. The summed E-state index contributed by atoms with van der Waals surface area (Å²) in [6, 6.07) is 14.5. The lowest BCUT2D eigenvalue weighted by Gasteiger charge is -2.33. The molecule has 1 aliphatic rings. The van der Waals surface area contributed by atoms with Crippen LogP contribution in [0.4, 0.5) is 0 Å². The molecule has 1 atom stereocenters. The van der Waals surface area contributed by atoms with E-state index >= 15 is 0 Å². The molecule has 0 aliphatic carbocycles. The first-order valence-corrected chi connectivity index (χ1v) is 11.0. The zero-order valence-corrected chi connectivity index (χ0v) is 17.7. The van der Waals surface area contributed by atoms with E-state index in [9.17, 15) is 0 Å². The van der Waals surface area contributed by atoms with Gasteiger partial charge in [0.25, 0.3) is 0 Å². The summed E-state index contributed by atoms with van der Waals surface area (Å²) < 4.78 is 5.77. The number of rotatable bonds is 7. The number of pyridine rings is 1. The van der Waals surface area contributed by atoms with Gasteiger partial charge in [-0.15, -0.1) is 0 Å². The lowest BCUT2D eigenvalue weighted by atomic mass is 10.1. The highest BCUT2D eigenvalue weighted by atomic mass is 16.3. The molecule has 0 spiro atoms. The number of fused-ring (bicyclic) bond motifs is 1. The maximum Gasteiger partial charge on any atom is 0.191 e. The Morgan fingerprint density at radius 1 is 1.10 bits per heavy atom. The van der Waals surface area contributed by atoms with Gasteiger partial charge in [0.15, 0.2) is 5.96 Å². The van der Waals surface area contributed by atoms with Crippen LogP contribution in [0.25, 0.3) is 10.9 Å². The number of hydrogen-bond acceptors (Lipinski definition) is 4. The molecule has 0 bridgehead atoms. The van der Waals surface area contributed by atoms with E-state index in [-0.39, 0.29) is 6.04 Å².